The lowest BCUT2D eigenvalue weighted by molar-refractivity contribution is 0.0932. The van der Waals surface area contributed by atoms with Crippen LogP contribution < -0.4 is 10.6 Å². The number of nitrogens with one attached hydrogen (secondary N) is 2. The number of anilines is 1. The van der Waals surface area contributed by atoms with Crippen LogP contribution >= 0.6 is 0 Å². The zero-order valence-electron chi connectivity index (χ0n) is 15.6. The van der Waals surface area contributed by atoms with Gasteiger partial charge in [-0.2, -0.15) is 0 Å². The summed E-state index contributed by atoms with van der Waals surface area (Å²) in [4.78, 5) is 29.4. The van der Waals surface area contributed by atoms with Crippen LogP contribution in [0.2, 0.25) is 0 Å². The highest BCUT2D eigenvalue weighted by Gasteiger charge is 2.28. The number of imidazole rings is 1. The van der Waals surface area contributed by atoms with Crippen LogP contribution in [0.3, 0.4) is 0 Å². The van der Waals surface area contributed by atoms with E-state index in [0.717, 1.165) is 25.0 Å². The molecule has 2 N–H and O–H groups in total. The molecule has 0 radical (unpaired) electrons. The smallest absolute Gasteiger partial charge is 0.287 e. The predicted octanol–water partition coefficient (Wildman–Crippen LogP) is 2.52. The number of hydrogen-bond acceptors (Lipinski definition) is 4. The van der Waals surface area contributed by atoms with Crippen LogP contribution in [0.15, 0.2) is 18.2 Å². The predicted molar refractivity (Wildman–Crippen MR) is 98.3 cm³/mol. The summed E-state index contributed by atoms with van der Waals surface area (Å²) < 4.78 is 34.3. The van der Waals surface area contributed by atoms with Crippen molar-refractivity contribution in [1.29, 1.82) is 0 Å². The van der Waals surface area contributed by atoms with Gasteiger partial charge in [0.1, 0.15) is 17.3 Å². The van der Waals surface area contributed by atoms with Gasteiger partial charge in [0.15, 0.2) is 11.5 Å². The number of halogens is 2. The van der Waals surface area contributed by atoms with E-state index in [4.69, 9.17) is 4.74 Å². The third kappa shape index (κ3) is 4.19. The van der Waals surface area contributed by atoms with Gasteiger partial charge in [-0.1, -0.05) is 6.07 Å². The number of carbonyl (C=O) groups is 2. The molecule has 0 saturated carbocycles. The molecule has 1 aliphatic rings. The quantitative estimate of drug-likeness (QED) is 0.709. The summed E-state index contributed by atoms with van der Waals surface area (Å²) in [6, 6.07) is 3.32. The number of benzene rings is 1. The molecule has 3 rings (SSSR count). The molecular weight excluding hydrogens is 370 g/mol. The van der Waals surface area contributed by atoms with Gasteiger partial charge in [-0.05, 0) is 37.8 Å². The number of fused-ring (bicyclic) bond motifs is 1. The summed E-state index contributed by atoms with van der Waals surface area (Å²) in [7, 11) is 1.58. The average Bonchev–Trinajstić information content (AvgIpc) is 3.08. The Labute approximate surface area is 161 Å². The SMILES string of the molecule is COCCCNC(=O)c1nc(C(=O)Nc2c(F)cccc2F)c2n1CCCC2. The Hall–Kier alpha value is -2.81. The summed E-state index contributed by atoms with van der Waals surface area (Å²) >= 11 is 0. The molecule has 0 spiro atoms. The van der Waals surface area contributed by atoms with Crippen LogP contribution in [0.4, 0.5) is 14.5 Å². The van der Waals surface area contributed by atoms with E-state index >= 15 is 0 Å². The molecular formula is C19H22F2N4O3. The van der Waals surface area contributed by atoms with Crippen molar-refractivity contribution in [3.05, 3.63) is 47.0 Å². The van der Waals surface area contributed by atoms with E-state index in [2.05, 4.69) is 15.6 Å². The van der Waals surface area contributed by atoms with Gasteiger partial charge < -0.3 is 19.9 Å². The largest absolute Gasteiger partial charge is 0.385 e. The van der Waals surface area contributed by atoms with Crippen molar-refractivity contribution in [2.45, 2.75) is 32.2 Å². The molecule has 7 nitrogen and oxygen atoms in total. The van der Waals surface area contributed by atoms with Gasteiger partial charge in [-0.25, -0.2) is 13.8 Å². The second-order valence-corrected chi connectivity index (χ2v) is 6.49. The van der Waals surface area contributed by atoms with Crippen LogP contribution in [-0.4, -0.2) is 41.6 Å². The van der Waals surface area contributed by atoms with Crippen molar-refractivity contribution in [1.82, 2.24) is 14.9 Å². The van der Waals surface area contributed by atoms with E-state index in [-0.39, 0.29) is 11.5 Å². The van der Waals surface area contributed by atoms with Gasteiger partial charge in [0, 0.05) is 26.8 Å². The number of rotatable bonds is 7. The van der Waals surface area contributed by atoms with Gasteiger partial charge in [0.05, 0.1) is 5.69 Å². The Morgan fingerprint density at radius 1 is 1.21 bits per heavy atom. The molecule has 0 atom stereocenters. The number of nitrogens with zero attached hydrogens (tertiary/aromatic N) is 2. The molecule has 1 aromatic carbocycles. The zero-order valence-corrected chi connectivity index (χ0v) is 15.6. The van der Waals surface area contributed by atoms with Crippen molar-refractivity contribution < 1.29 is 23.1 Å². The molecule has 28 heavy (non-hydrogen) atoms. The number of para-hydroxylation sites is 1. The van der Waals surface area contributed by atoms with Crippen molar-refractivity contribution in [3.8, 4) is 0 Å². The fraction of sp³-hybridized carbons (Fsp3) is 0.421. The number of ether oxygens (including phenoxy) is 1. The average molecular weight is 392 g/mol. The highest BCUT2D eigenvalue weighted by molar-refractivity contribution is 6.05. The van der Waals surface area contributed by atoms with E-state index in [1.54, 1.807) is 11.7 Å². The Kier molecular flexibility index (Phi) is 6.35. The minimum Gasteiger partial charge on any atom is -0.385 e. The number of carbonyl (C=O) groups excluding carboxylic acids is 2. The Morgan fingerprint density at radius 3 is 2.68 bits per heavy atom. The normalized spacial score (nSPS) is 13.1. The summed E-state index contributed by atoms with van der Waals surface area (Å²) in [5.74, 6) is -2.76. The van der Waals surface area contributed by atoms with E-state index in [9.17, 15) is 18.4 Å². The first-order valence-corrected chi connectivity index (χ1v) is 9.14. The summed E-state index contributed by atoms with van der Waals surface area (Å²) in [6.07, 6.45) is 2.91. The van der Waals surface area contributed by atoms with Crippen molar-refractivity contribution >= 4 is 17.5 Å². The highest BCUT2D eigenvalue weighted by atomic mass is 19.1. The van der Waals surface area contributed by atoms with E-state index in [1.165, 1.54) is 6.07 Å². The highest BCUT2D eigenvalue weighted by Crippen LogP contribution is 2.24. The topological polar surface area (TPSA) is 85.2 Å². The first kappa shape index (κ1) is 19.9. The molecule has 0 saturated heterocycles. The van der Waals surface area contributed by atoms with Gasteiger partial charge in [0.2, 0.25) is 0 Å². The lowest BCUT2D eigenvalue weighted by Crippen LogP contribution is -2.29. The Bertz CT molecular complexity index is 862. The fourth-order valence-electron chi connectivity index (χ4n) is 3.19. The van der Waals surface area contributed by atoms with Crippen molar-refractivity contribution in [2.75, 3.05) is 25.6 Å². The number of methoxy groups -OCH3 is 1. The van der Waals surface area contributed by atoms with Crippen molar-refractivity contribution in [3.63, 3.8) is 0 Å². The Balaban J connectivity index is 1.84. The van der Waals surface area contributed by atoms with E-state index in [1.807, 2.05) is 0 Å². The van der Waals surface area contributed by atoms with Crippen LogP contribution in [0.1, 0.15) is 46.1 Å². The van der Waals surface area contributed by atoms with Gasteiger partial charge in [-0.15, -0.1) is 0 Å². The maximum atomic E-state index is 13.8. The van der Waals surface area contributed by atoms with Crippen molar-refractivity contribution in [2.24, 2.45) is 0 Å². The summed E-state index contributed by atoms with van der Waals surface area (Å²) in [6.45, 7) is 1.49. The van der Waals surface area contributed by atoms with Gasteiger partial charge in [-0.3, -0.25) is 9.59 Å². The zero-order chi connectivity index (χ0) is 20.1. The molecule has 0 aliphatic carbocycles. The van der Waals surface area contributed by atoms with Crippen LogP contribution in [-0.2, 0) is 17.7 Å². The lowest BCUT2D eigenvalue weighted by Gasteiger charge is -2.17. The number of amides is 2. The second kappa shape index (κ2) is 8.92. The van der Waals surface area contributed by atoms with E-state index in [0.29, 0.717) is 38.2 Å². The second-order valence-electron chi connectivity index (χ2n) is 6.49. The third-order valence-corrected chi connectivity index (χ3v) is 4.55. The molecule has 0 bridgehead atoms. The molecule has 2 amide bonds. The summed E-state index contributed by atoms with van der Waals surface area (Å²) in [5, 5.41) is 4.99. The minimum absolute atomic E-state index is 0.0180. The first-order chi connectivity index (χ1) is 13.5. The summed E-state index contributed by atoms with van der Waals surface area (Å²) in [5.41, 5.74) is 0.0857. The maximum Gasteiger partial charge on any atom is 0.287 e. The molecule has 2 heterocycles. The van der Waals surface area contributed by atoms with Crippen LogP contribution in [0.5, 0.6) is 0 Å². The molecule has 0 unspecified atom stereocenters. The molecule has 150 valence electrons. The lowest BCUT2D eigenvalue weighted by atomic mass is 10.1. The monoisotopic (exact) mass is 392 g/mol. The molecule has 9 heteroatoms. The number of hydrogen-bond donors (Lipinski definition) is 2. The number of aromatic nitrogens is 2. The standard InChI is InChI=1S/C19H22F2N4O3/c1-28-11-5-9-22-19(27)17-23-16(14-8-2-3-10-25(14)17)18(26)24-15-12(20)6-4-7-13(15)21/h4,6-7H,2-3,5,8-11H2,1H3,(H,22,27)(H,24,26). The first-order valence-electron chi connectivity index (χ1n) is 9.14. The van der Waals surface area contributed by atoms with E-state index < -0.39 is 29.1 Å². The van der Waals surface area contributed by atoms with Crippen LogP contribution in [0, 0.1) is 11.6 Å². The van der Waals surface area contributed by atoms with Gasteiger partial charge in [0.25, 0.3) is 11.8 Å². The molecule has 1 aromatic heterocycles. The third-order valence-electron chi connectivity index (χ3n) is 4.55. The van der Waals surface area contributed by atoms with Crippen LogP contribution in [0.25, 0.3) is 0 Å². The fourth-order valence-corrected chi connectivity index (χ4v) is 3.19. The van der Waals surface area contributed by atoms with Gasteiger partial charge >= 0.3 is 0 Å². The Morgan fingerprint density at radius 2 is 1.96 bits per heavy atom. The molecule has 2 aromatic rings. The minimum atomic E-state index is -0.877. The molecule has 1 aliphatic heterocycles. The maximum absolute atomic E-state index is 13.8. The molecule has 0 fully saturated rings.